The standard InChI is InChI=1S/C27H33N9O4/c1-6-22(37)35-9-7-8-19(15-35)36-14-18(12-30-36)31-27-29-13-20(24(28)38)25(33-27)32-23-16(2)10-17(11-21(23)40-5)26(39)34(3)4/h6,10-14,19H,1,7-9,15H2,2-5H3,(H2,28,38)(H2,29,31,32,33). The van der Waals surface area contributed by atoms with Crippen LogP contribution in [-0.4, -0.2) is 81.6 Å². The third-order valence-corrected chi connectivity index (χ3v) is 6.58. The average molecular weight is 548 g/mol. The summed E-state index contributed by atoms with van der Waals surface area (Å²) >= 11 is 0. The average Bonchev–Trinajstić information content (AvgIpc) is 3.41. The van der Waals surface area contributed by atoms with E-state index in [1.807, 2.05) is 17.8 Å². The summed E-state index contributed by atoms with van der Waals surface area (Å²) in [7, 11) is 4.83. The predicted molar refractivity (Wildman–Crippen MR) is 150 cm³/mol. The maximum atomic E-state index is 12.5. The Kier molecular flexibility index (Phi) is 8.31. The number of aryl methyl sites for hydroxylation is 1. The minimum absolute atomic E-state index is 0.0290. The van der Waals surface area contributed by atoms with Crippen LogP contribution >= 0.6 is 0 Å². The first-order valence-electron chi connectivity index (χ1n) is 12.7. The first-order valence-corrected chi connectivity index (χ1v) is 12.7. The number of amides is 3. The lowest BCUT2D eigenvalue weighted by Crippen LogP contribution is -2.39. The first-order chi connectivity index (χ1) is 19.1. The third kappa shape index (κ3) is 6.03. The number of aromatic nitrogens is 4. The molecule has 13 nitrogen and oxygen atoms in total. The molecule has 3 heterocycles. The van der Waals surface area contributed by atoms with Crippen molar-refractivity contribution in [3.05, 3.63) is 60.1 Å². The van der Waals surface area contributed by atoms with E-state index in [9.17, 15) is 14.4 Å². The van der Waals surface area contributed by atoms with Crippen LogP contribution in [-0.2, 0) is 4.79 Å². The molecule has 1 aliphatic heterocycles. The largest absolute Gasteiger partial charge is 0.495 e. The highest BCUT2D eigenvalue weighted by Gasteiger charge is 2.24. The fourth-order valence-electron chi connectivity index (χ4n) is 4.53. The molecule has 13 heteroatoms. The van der Waals surface area contributed by atoms with E-state index in [1.54, 1.807) is 37.3 Å². The van der Waals surface area contributed by atoms with Gasteiger partial charge in [0.25, 0.3) is 11.8 Å². The summed E-state index contributed by atoms with van der Waals surface area (Å²) in [5, 5.41) is 10.7. The van der Waals surface area contributed by atoms with Gasteiger partial charge < -0.3 is 30.9 Å². The van der Waals surface area contributed by atoms with Gasteiger partial charge in [-0.15, -0.1) is 0 Å². The lowest BCUT2D eigenvalue weighted by molar-refractivity contribution is -0.127. The van der Waals surface area contributed by atoms with E-state index in [4.69, 9.17) is 10.5 Å². The number of carbonyl (C=O) groups excluding carboxylic acids is 3. The van der Waals surface area contributed by atoms with Crippen molar-refractivity contribution in [1.29, 1.82) is 0 Å². The van der Waals surface area contributed by atoms with Gasteiger partial charge in [-0.2, -0.15) is 10.1 Å². The van der Waals surface area contributed by atoms with E-state index < -0.39 is 5.91 Å². The Labute approximate surface area is 232 Å². The number of benzene rings is 1. The molecule has 4 rings (SSSR count). The molecule has 2 aromatic heterocycles. The minimum atomic E-state index is -0.714. The molecule has 1 saturated heterocycles. The van der Waals surface area contributed by atoms with Crippen molar-refractivity contribution >= 4 is 40.9 Å². The molecule has 0 spiro atoms. The number of nitrogens with two attached hydrogens (primary N) is 1. The highest BCUT2D eigenvalue weighted by atomic mass is 16.5. The Morgan fingerprint density at radius 2 is 2.00 bits per heavy atom. The number of nitrogens with zero attached hydrogens (tertiary/aromatic N) is 6. The van der Waals surface area contributed by atoms with Crippen molar-refractivity contribution in [1.82, 2.24) is 29.5 Å². The van der Waals surface area contributed by atoms with Crippen LogP contribution in [0.15, 0.2) is 43.4 Å². The van der Waals surface area contributed by atoms with Crippen LogP contribution < -0.4 is 21.1 Å². The number of rotatable bonds is 9. The van der Waals surface area contributed by atoms with E-state index in [0.717, 1.165) is 12.8 Å². The van der Waals surface area contributed by atoms with Crippen molar-refractivity contribution in [2.75, 3.05) is 44.9 Å². The van der Waals surface area contributed by atoms with Gasteiger partial charge >= 0.3 is 0 Å². The van der Waals surface area contributed by atoms with Crippen LogP contribution in [0.2, 0.25) is 0 Å². The Balaban J connectivity index is 1.58. The zero-order valence-electron chi connectivity index (χ0n) is 23.0. The molecule has 210 valence electrons. The van der Waals surface area contributed by atoms with Gasteiger partial charge in [0, 0.05) is 45.1 Å². The smallest absolute Gasteiger partial charge is 0.254 e. The summed E-state index contributed by atoms with van der Waals surface area (Å²) in [5.74, 6) is -0.219. The van der Waals surface area contributed by atoms with Gasteiger partial charge in [0.1, 0.15) is 17.1 Å². The molecule has 0 radical (unpaired) electrons. The molecule has 0 aliphatic carbocycles. The van der Waals surface area contributed by atoms with Crippen LogP contribution in [0.25, 0.3) is 0 Å². The molecule has 40 heavy (non-hydrogen) atoms. The van der Waals surface area contributed by atoms with E-state index >= 15 is 0 Å². The molecule has 3 amide bonds. The van der Waals surface area contributed by atoms with Crippen LogP contribution in [0.5, 0.6) is 5.75 Å². The fraction of sp³-hybridized carbons (Fsp3) is 0.333. The van der Waals surface area contributed by atoms with Gasteiger partial charge in [0.15, 0.2) is 0 Å². The number of likely N-dealkylation sites (tertiary alicyclic amines) is 1. The van der Waals surface area contributed by atoms with E-state index in [-0.39, 0.29) is 35.2 Å². The molecule has 1 atom stereocenters. The van der Waals surface area contributed by atoms with Crippen LogP contribution in [0.3, 0.4) is 0 Å². The lowest BCUT2D eigenvalue weighted by atomic mass is 10.1. The molecular formula is C27H33N9O4. The molecule has 4 N–H and O–H groups in total. The summed E-state index contributed by atoms with van der Waals surface area (Å²) in [6.45, 7) is 6.63. The second-order valence-electron chi connectivity index (χ2n) is 9.63. The number of carbonyl (C=O) groups is 3. The maximum Gasteiger partial charge on any atom is 0.254 e. The Hall–Kier alpha value is -4.94. The monoisotopic (exact) mass is 547 g/mol. The second kappa shape index (κ2) is 11.8. The van der Waals surface area contributed by atoms with Gasteiger partial charge in [0.05, 0.1) is 30.7 Å². The fourth-order valence-corrected chi connectivity index (χ4v) is 4.53. The molecule has 1 aromatic carbocycles. The molecule has 0 saturated carbocycles. The summed E-state index contributed by atoms with van der Waals surface area (Å²) in [6, 6.07) is 3.37. The van der Waals surface area contributed by atoms with E-state index in [2.05, 4.69) is 32.3 Å². The quantitative estimate of drug-likeness (QED) is 0.342. The van der Waals surface area contributed by atoms with Crippen molar-refractivity contribution in [2.24, 2.45) is 5.73 Å². The normalized spacial score (nSPS) is 14.8. The van der Waals surface area contributed by atoms with E-state index in [1.165, 1.54) is 24.3 Å². The summed E-state index contributed by atoms with van der Waals surface area (Å²) in [4.78, 5) is 48.7. The van der Waals surface area contributed by atoms with Crippen molar-refractivity contribution < 1.29 is 19.1 Å². The van der Waals surface area contributed by atoms with Gasteiger partial charge in [-0.1, -0.05) is 6.58 Å². The third-order valence-electron chi connectivity index (χ3n) is 6.58. The number of primary amides is 1. The summed E-state index contributed by atoms with van der Waals surface area (Å²) in [6.07, 6.45) is 7.87. The molecule has 1 aliphatic rings. The molecule has 1 unspecified atom stereocenters. The number of ether oxygens (including phenoxy) is 1. The topological polar surface area (TPSA) is 161 Å². The highest BCUT2D eigenvalue weighted by Crippen LogP contribution is 2.34. The number of hydrogen-bond acceptors (Lipinski definition) is 9. The second-order valence-corrected chi connectivity index (χ2v) is 9.63. The van der Waals surface area contributed by atoms with Crippen molar-refractivity contribution in [3.8, 4) is 5.75 Å². The van der Waals surface area contributed by atoms with Gasteiger partial charge in [0.2, 0.25) is 11.9 Å². The molecular weight excluding hydrogens is 514 g/mol. The molecule has 1 fully saturated rings. The van der Waals surface area contributed by atoms with Gasteiger partial charge in [-0.25, -0.2) is 4.98 Å². The number of hydrogen-bond donors (Lipinski definition) is 3. The minimum Gasteiger partial charge on any atom is -0.495 e. The SMILES string of the molecule is C=CC(=O)N1CCCC(n2cc(Nc3ncc(C(N)=O)c(Nc4c(C)cc(C(=O)N(C)C)cc4OC)n3)cn2)C1. The highest BCUT2D eigenvalue weighted by molar-refractivity contribution is 5.99. The van der Waals surface area contributed by atoms with Gasteiger partial charge in [-0.05, 0) is 43.5 Å². The lowest BCUT2D eigenvalue weighted by Gasteiger charge is -2.32. The van der Waals surface area contributed by atoms with Crippen molar-refractivity contribution in [2.45, 2.75) is 25.8 Å². The number of methoxy groups -OCH3 is 1. The predicted octanol–water partition coefficient (Wildman–Crippen LogP) is 2.63. The Bertz CT molecular complexity index is 1450. The molecule has 3 aromatic rings. The van der Waals surface area contributed by atoms with Gasteiger partial charge in [-0.3, -0.25) is 19.1 Å². The zero-order valence-corrected chi connectivity index (χ0v) is 23.0. The Morgan fingerprint density at radius 1 is 1.23 bits per heavy atom. The summed E-state index contributed by atoms with van der Waals surface area (Å²) in [5.41, 5.74) is 7.98. The summed E-state index contributed by atoms with van der Waals surface area (Å²) < 4.78 is 7.35. The van der Waals surface area contributed by atoms with Crippen LogP contribution in [0.4, 0.5) is 23.1 Å². The number of nitrogens with one attached hydrogen (secondary N) is 2. The zero-order chi connectivity index (χ0) is 29.0. The van der Waals surface area contributed by atoms with Crippen molar-refractivity contribution in [3.63, 3.8) is 0 Å². The van der Waals surface area contributed by atoms with Crippen LogP contribution in [0, 0.1) is 6.92 Å². The Morgan fingerprint density at radius 3 is 2.67 bits per heavy atom. The number of piperidine rings is 1. The number of anilines is 4. The molecule has 0 bridgehead atoms. The van der Waals surface area contributed by atoms with Crippen LogP contribution in [0.1, 0.15) is 45.2 Å². The maximum absolute atomic E-state index is 12.5. The van der Waals surface area contributed by atoms with E-state index in [0.29, 0.717) is 41.3 Å². The first kappa shape index (κ1) is 28.1.